The molecule has 0 spiro atoms. The van der Waals surface area contributed by atoms with Crippen molar-refractivity contribution in [3.05, 3.63) is 46.2 Å². The van der Waals surface area contributed by atoms with Crippen molar-refractivity contribution < 1.29 is 0 Å². The third-order valence-electron chi connectivity index (χ3n) is 3.21. The fourth-order valence-electron chi connectivity index (χ4n) is 2.31. The maximum Gasteiger partial charge on any atom is -0.00115 e. The van der Waals surface area contributed by atoms with Gasteiger partial charge in [0, 0.05) is 0 Å². The second-order valence-electron chi connectivity index (χ2n) is 3.99. The molecule has 0 saturated heterocycles. The number of fused-ring (bicyclic) bond motifs is 2. The number of benzene rings is 2. The van der Waals surface area contributed by atoms with Crippen LogP contribution in [0.15, 0.2) is 35.0 Å². The number of hydrogen-bond acceptors (Lipinski definition) is 1. The van der Waals surface area contributed by atoms with Crippen LogP contribution in [-0.2, 0) is 0 Å². The third kappa shape index (κ3) is 1.13. The molecule has 1 heteroatoms. The zero-order valence-electron chi connectivity index (χ0n) is 8.87. The van der Waals surface area contributed by atoms with Gasteiger partial charge in [-0.05, 0) is 57.3 Å². The topological polar surface area (TPSA) is 0 Å². The molecule has 0 aliphatic heterocycles. The largest absolute Gasteiger partial charge is 0.151 e. The number of hydrogen-bond donors (Lipinski definition) is 0. The van der Waals surface area contributed by atoms with E-state index in [0.29, 0.717) is 0 Å². The van der Waals surface area contributed by atoms with Crippen LogP contribution >= 0.6 is 11.3 Å². The summed E-state index contributed by atoms with van der Waals surface area (Å²) in [4.78, 5) is 0. The van der Waals surface area contributed by atoms with Gasteiger partial charge < -0.3 is 0 Å². The van der Waals surface area contributed by atoms with E-state index in [1.807, 2.05) is 0 Å². The van der Waals surface area contributed by atoms with Gasteiger partial charge in [0.15, 0.2) is 0 Å². The molecule has 0 bridgehead atoms. The minimum absolute atomic E-state index is 1.39. The predicted octanol–water partition coefficient (Wildman–Crippen LogP) is 4.67. The molecule has 74 valence electrons. The fourth-order valence-corrected chi connectivity index (χ4v) is 3.25. The van der Waals surface area contributed by atoms with Gasteiger partial charge in [-0.1, -0.05) is 24.3 Å². The lowest BCUT2D eigenvalue weighted by atomic mass is 9.96. The van der Waals surface area contributed by atoms with E-state index in [9.17, 15) is 0 Å². The number of rotatable bonds is 0. The molecule has 1 aromatic heterocycles. The smallest absolute Gasteiger partial charge is 0.00115 e. The highest BCUT2D eigenvalue weighted by Crippen LogP contribution is 2.33. The Labute approximate surface area is 93.2 Å². The first kappa shape index (κ1) is 8.93. The molecule has 0 saturated carbocycles. The van der Waals surface area contributed by atoms with E-state index < -0.39 is 0 Å². The Hall–Kier alpha value is -1.34. The van der Waals surface area contributed by atoms with Crippen molar-refractivity contribution in [1.82, 2.24) is 0 Å². The van der Waals surface area contributed by atoms with Crippen LogP contribution in [0.2, 0.25) is 0 Å². The van der Waals surface area contributed by atoms with Crippen LogP contribution in [0.3, 0.4) is 0 Å². The van der Waals surface area contributed by atoms with E-state index in [1.54, 1.807) is 11.3 Å². The molecule has 0 fully saturated rings. The van der Waals surface area contributed by atoms with Crippen LogP contribution in [0.1, 0.15) is 11.1 Å². The van der Waals surface area contributed by atoms with Gasteiger partial charge in [-0.15, -0.1) is 0 Å². The molecule has 3 aromatic rings. The summed E-state index contributed by atoms with van der Waals surface area (Å²) in [5.41, 5.74) is 2.82. The van der Waals surface area contributed by atoms with E-state index in [2.05, 4.69) is 48.9 Å². The first-order valence-electron chi connectivity index (χ1n) is 5.13. The van der Waals surface area contributed by atoms with Crippen molar-refractivity contribution in [3.8, 4) is 0 Å². The van der Waals surface area contributed by atoms with Gasteiger partial charge in [0.25, 0.3) is 0 Å². The monoisotopic (exact) mass is 212 g/mol. The Morgan fingerprint density at radius 2 is 1.20 bits per heavy atom. The Morgan fingerprint density at radius 1 is 0.733 bits per heavy atom. The highest BCUT2D eigenvalue weighted by Gasteiger charge is 2.07. The van der Waals surface area contributed by atoms with Crippen molar-refractivity contribution in [1.29, 1.82) is 0 Å². The average Bonchev–Trinajstić information content (AvgIpc) is 2.75. The summed E-state index contributed by atoms with van der Waals surface area (Å²) in [5.74, 6) is 0. The highest BCUT2D eigenvalue weighted by molar-refractivity contribution is 7.09. The Morgan fingerprint density at radius 3 is 1.67 bits per heavy atom. The minimum atomic E-state index is 1.39. The molecule has 0 N–H and O–H groups in total. The molecule has 0 amide bonds. The summed E-state index contributed by atoms with van der Waals surface area (Å²) in [7, 11) is 0. The van der Waals surface area contributed by atoms with Crippen molar-refractivity contribution in [2.24, 2.45) is 0 Å². The van der Waals surface area contributed by atoms with Gasteiger partial charge in [0.05, 0.1) is 0 Å². The summed E-state index contributed by atoms with van der Waals surface area (Å²) in [6.45, 7) is 4.44. The zero-order valence-corrected chi connectivity index (χ0v) is 9.69. The Bertz CT molecular complexity index is 591. The molecule has 15 heavy (non-hydrogen) atoms. The molecule has 0 radical (unpaired) electrons. The van der Waals surface area contributed by atoms with Crippen LogP contribution in [0, 0.1) is 13.8 Å². The van der Waals surface area contributed by atoms with Crippen molar-refractivity contribution >= 4 is 32.9 Å². The summed E-state index contributed by atoms with van der Waals surface area (Å²) in [5, 5.41) is 10.1. The summed E-state index contributed by atoms with van der Waals surface area (Å²) >= 11 is 1.79. The van der Waals surface area contributed by atoms with Crippen LogP contribution in [0.5, 0.6) is 0 Å². The van der Waals surface area contributed by atoms with Crippen LogP contribution in [0.4, 0.5) is 0 Å². The lowest BCUT2D eigenvalue weighted by Crippen LogP contribution is -1.84. The van der Waals surface area contributed by atoms with Crippen LogP contribution in [0.25, 0.3) is 21.5 Å². The molecule has 2 aromatic carbocycles. The molecule has 0 atom stereocenters. The quantitative estimate of drug-likeness (QED) is 0.508. The van der Waals surface area contributed by atoms with Crippen molar-refractivity contribution in [2.45, 2.75) is 13.8 Å². The van der Waals surface area contributed by atoms with Gasteiger partial charge in [-0.3, -0.25) is 0 Å². The Kier molecular flexibility index (Phi) is 1.83. The lowest BCUT2D eigenvalue weighted by molar-refractivity contribution is 1.54. The molecule has 0 aliphatic carbocycles. The lowest BCUT2D eigenvalue weighted by Gasteiger charge is -2.08. The summed E-state index contributed by atoms with van der Waals surface area (Å²) in [6.07, 6.45) is 0. The first-order chi connectivity index (χ1) is 7.29. The standard InChI is InChI=1S/C14H12S/c1-9-11-5-3-4-6-12(11)10(2)14-8-15-7-13(9)14/h3-8H,1-2H3. The molecule has 0 nitrogen and oxygen atoms in total. The highest BCUT2D eigenvalue weighted by atomic mass is 32.1. The zero-order chi connectivity index (χ0) is 10.4. The Balaban J connectivity index is 2.69. The molecular weight excluding hydrogens is 200 g/mol. The average molecular weight is 212 g/mol. The summed E-state index contributed by atoms with van der Waals surface area (Å²) in [6, 6.07) is 8.67. The second-order valence-corrected chi connectivity index (χ2v) is 4.74. The van der Waals surface area contributed by atoms with Gasteiger partial charge in [0.2, 0.25) is 0 Å². The SMILES string of the molecule is Cc1c2ccccc2c(C)c2cscc12. The second kappa shape index (κ2) is 3.07. The minimum Gasteiger partial charge on any atom is -0.151 e. The first-order valence-corrected chi connectivity index (χ1v) is 6.07. The normalized spacial score (nSPS) is 11.3. The number of aryl methyl sites for hydroxylation is 2. The van der Waals surface area contributed by atoms with E-state index in [0.717, 1.165) is 0 Å². The van der Waals surface area contributed by atoms with Gasteiger partial charge in [-0.2, -0.15) is 11.3 Å². The molecule has 0 unspecified atom stereocenters. The van der Waals surface area contributed by atoms with Crippen LogP contribution < -0.4 is 0 Å². The van der Waals surface area contributed by atoms with Gasteiger partial charge >= 0.3 is 0 Å². The van der Waals surface area contributed by atoms with E-state index in [1.165, 1.54) is 32.7 Å². The van der Waals surface area contributed by atoms with Crippen molar-refractivity contribution in [3.63, 3.8) is 0 Å². The van der Waals surface area contributed by atoms with Crippen molar-refractivity contribution in [2.75, 3.05) is 0 Å². The molecule has 0 aliphatic rings. The maximum absolute atomic E-state index is 2.25. The van der Waals surface area contributed by atoms with E-state index in [-0.39, 0.29) is 0 Å². The summed E-state index contributed by atoms with van der Waals surface area (Å²) < 4.78 is 0. The fraction of sp³-hybridized carbons (Fsp3) is 0.143. The maximum atomic E-state index is 2.25. The third-order valence-corrected chi connectivity index (χ3v) is 3.95. The van der Waals surface area contributed by atoms with E-state index >= 15 is 0 Å². The van der Waals surface area contributed by atoms with Gasteiger partial charge in [-0.25, -0.2) is 0 Å². The molecule has 3 rings (SSSR count). The molecular formula is C14H12S. The van der Waals surface area contributed by atoms with E-state index in [4.69, 9.17) is 0 Å². The predicted molar refractivity (Wildman–Crippen MR) is 68.8 cm³/mol. The number of thiophene rings is 1. The van der Waals surface area contributed by atoms with Gasteiger partial charge in [0.1, 0.15) is 0 Å². The molecule has 1 heterocycles. The van der Waals surface area contributed by atoms with Crippen LogP contribution in [-0.4, -0.2) is 0 Å².